The van der Waals surface area contributed by atoms with E-state index in [1.807, 2.05) is 0 Å². The highest BCUT2D eigenvalue weighted by atomic mass is 35.5. The second-order valence-corrected chi connectivity index (χ2v) is 7.68. The van der Waals surface area contributed by atoms with Crippen molar-refractivity contribution in [3.63, 3.8) is 0 Å². The summed E-state index contributed by atoms with van der Waals surface area (Å²) >= 11 is 5.71. The van der Waals surface area contributed by atoms with Crippen LogP contribution in [0.15, 0.2) is 30.3 Å². The first-order valence-electron chi connectivity index (χ1n) is 8.81. The first-order valence-corrected chi connectivity index (χ1v) is 9.96. The minimum absolute atomic E-state index is 0.00655. The Morgan fingerprint density at radius 2 is 1.84 bits per heavy atom. The Hall–Kier alpha value is -2.79. The van der Waals surface area contributed by atoms with Gasteiger partial charge in [-0.15, -0.1) is 0 Å². The van der Waals surface area contributed by atoms with Crippen LogP contribution in [0.3, 0.4) is 0 Å². The lowest BCUT2D eigenvalue weighted by Gasteiger charge is -2.13. The van der Waals surface area contributed by atoms with Crippen molar-refractivity contribution < 1.29 is 41.0 Å². The Morgan fingerprint density at radius 3 is 2.47 bits per heavy atom. The van der Waals surface area contributed by atoms with Crippen LogP contribution in [0.25, 0.3) is 11.3 Å². The van der Waals surface area contributed by atoms with Crippen molar-refractivity contribution in [2.24, 2.45) is 0 Å². The van der Waals surface area contributed by atoms with Gasteiger partial charge in [0.1, 0.15) is 17.3 Å². The van der Waals surface area contributed by atoms with E-state index in [4.69, 9.17) is 21.4 Å². The summed E-state index contributed by atoms with van der Waals surface area (Å²) in [6, 6.07) is 5.39. The SMILES string of the molecule is O=C(O)CCc1ccc(OCc2c(-c3ccc(Cl)c(F)c3)nsc2C(F)(F)F)c(F)c1F. The molecule has 0 unspecified atom stereocenters. The third-order valence-electron chi connectivity index (χ3n) is 4.35. The van der Waals surface area contributed by atoms with Crippen molar-refractivity contribution in [2.75, 3.05) is 0 Å². The smallest absolute Gasteiger partial charge is 0.427 e. The van der Waals surface area contributed by atoms with Crippen LogP contribution >= 0.6 is 23.1 Å². The predicted octanol–water partition coefficient (Wildman–Crippen LogP) is 6.50. The lowest BCUT2D eigenvalue weighted by atomic mass is 10.1. The van der Waals surface area contributed by atoms with Gasteiger partial charge >= 0.3 is 12.1 Å². The van der Waals surface area contributed by atoms with E-state index in [-0.39, 0.29) is 39.8 Å². The molecular formula is C20H12ClF6NO3S. The number of carboxylic acid groups (broad SMARTS) is 1. The monoisotopic (exact) mass is 495 g/mol. The molecule has 2 aromatic carbocycles. The van der Waals surface area contributed by atoms with E-state index in [0.717, 1.165) is 24.3 Å². The fourth-order valence-corrected chi connectivity index (χ4v) is 3.69. The lowest BCUT2D eigenvalue weighted by molar-refractivity contribution is -0.137. The molecule has 1 heterocycles. The fourth-order valence-electron chi connectivity index (χ4n) is 2.80. The van der Waals surface area contributed by atoms with Crippen LogP contribution in [0.4, 0.5) is 26.3 Å². The van der Waals surface area contributed by atoms with Crippen LogP contribution < -0.4 is 4.74 Å². The third-order valence-corrected chi connectivity index (χ3v) is 5.59. The van der Waals surface area contributed by atoms with Crippen LogP contribution in [-0.2, 0) is 24.0 Å². The molecule has 4 nitrogen and oxygen atoms in total. The molecule has 3 rings (SSSR count). The van der Waals surface area contributed by atoms with Crippen molar-refractivity contribution in [2.45, 2.75) is 25.6 Å². The zero-order chi connectivity index (χ0) is 23.6. The number of hydrogen-bond acceptors (Lipinski definition) is 4. The van der Waals surface area contributed by atoms with Gasteiger partial charge in [0.25, 0.3) is 0 Å². The van der Waals surface area contributed by atoms with Gasteiger partial charge in [-0.3, -0.25) is 4.79 Å². The number of halogens is 7. The van der Waals surface area contributed by atoms with E-state index in [2.05, 4.69) is 4.37 Å². The number of carboxylic acids is 1. The molecule has 0 spiro atoms. The maximum atomic E-state index is 14.3. The van der Waals surface area contributed by atoms with Gasteiger partial charge in [0.05, 0.1) is 10.7 Å². The standard InChI is InChI=1S/C20H12ClF6NO3S/c21-12-4-1-10(7-13(12)22)18-11(19(32-28-18)20(25,26)27)8-31-14-5-2-9(3-6-15(29)30)16(23)17(14)24/h1-2,4-5,7H,3,6,8H2,(H,29,30). The molecule has 0 aliphatic rings. The molecular weight excluding hydrogens is 484 g/mol. The molecule has 0 aliphatic carbocycles. The first-order chi connectivity index (χ1) is 15.0. The van der Waals surface area contributed by atoms with Gasteiger partial charge in [-0.2, -0.15) is 21.9 Å². The molecule has 0 radical (unpaired) electrons. The largest absolute Gasteiger partial charge is 0.486 e. The van der Waals surface area contributed by atoms with Crippen LogP contribution in [0.2, 0.25) is 5.02 Å². The number of benzene rings is 2. The van der Waals surface area contributed by atoms with Crippen LogP contribution in [0, 0.1) is 17.5 Å². The fraction of sp³-hybridized carbons (Fsp3) is 0.200. The number of carbonyl (C=O) groups is 1. The van der Waals surface area contributed by atoms with E-state index in [0.29, 0.717) is 0 Å². The predicted molar refractivity (Wildman–Crippen MR) is 104 cm³/mol. The summed E-state index contributed by atoms with van der Waals surface area (Å²) in [5.74, 6) is -5.58. The van der Waals surface area contributed by atoms with Crippen LogP contribution in [0.1, 0.15) is 22.4 Å². The van der Waals surface area contributed by atoms with E-state index in [9.17, 15) is 31.1 Å². The molecule has 32 heavy (non-hydrogen) atoms. The minimum Gasteiger partial charge on any atom is -0.486 e. The van der Waals surface area contributed by atoms with Crippen molar-refractivity contribution in [1.82, 2.24) is 4.37 Å². The number of hydrogen-bond donors (Lipinski definition) is 1. The van der Waals surface area contributed by atoms with Gasteiger partial charge in [-0.05, 0) is 41.7 Å². The topological polar surface area (TPSA) is 59.4 Å². The Balaban J connectivity index is 1.93. The Kier molecular flexibility index (Phi) is 6.99. The summed E-state index contributed by atoms with van der Waals surface area (Å²) in [6.07, 6.45) is -5.53. The molecule has 12 heteroatoms. The Bertz CT molecular complexity index is 1160. The third kappa shape index (κ3) is 5.16. The molecule has 170 valence electrons. The van der Waals surface area contributed by atoms with Crippen molar-refractivity contribution >= 4 is 29.1 Å². The van der Waals surface area contributed by atoms with E-state index >= 15 is 0 Å². The molecule has 3 aromatic rings. The summed E-state index contributed by atoms with van der Waals surface area (Å²) < 4.78 is 91.4. The highest BCUT2D eigenvalue weighted by Gasteiger charge is 2.38. The number of aromatic nitrogens is 1. The van der Waals surface area contributed by atoms with Crippen molar-refractivity contribution in [3.05, 3.63) is 68.8 Å². The van der Waals surface area contributed by atoms with Gasteiger partial charge in [-0.1, -0.05) is 23.7 Å². The summed E-state index contributed by atoms with van der Waals surface area (Å²) in [6.45, 7) is -0.838. The second kappa shape index (κ2) is 9.37. The normalized spacial score (nSPS) is 11.6. The number of nitrogens with zero attached hydrogens (tertiary/aromatic N) is 1. The summed E-state index contributed by atoms with van der Waals surface area (Å²) in [5.41, 5.74) is -0.952. The summed E-state index contributed by atoms with van der Waals surface area (Å²) in [4.78, 5) is 9.47. The molecule has 1 N–H and O–H groups in total. The zero-order valence-corrected chi connectivity index (χ0v) is 17.3. The van der Waals surface area contributed by atoms with Crippen LogP contribution in [0.5, 0.6) is 5.75 Å². The molecule has 1 aromatic heterocycles. The van der Waals surface area contributed by atoms with Crippen LogP contribution in [-0.4, -0.2) is 15.4 Å². The minimum atomic E-state index is -4.82. The summed E-state index contributed by atoms with van der Waals surface area (Å²) in [7, 11) is 0. The van der Waals surface area contributed by atoms with E-state index in [1.165, 1.54) is 6.07 Å². The number of ether oxygens (including phenoxy) is 1. The van der Waals surface area contributed by atoms with Crippen molar-refractivity contribution in [3.8, 4) is 17.0 Å². The van der Waals surface area contributed by atoms with Gasteiger partial charge in [-0.25, -0.2) is 8.78 Å². The molecule has 0 saturated heterocycles. The quantitative estimate of drug-likeness (QED) is 0.380. The maximum Gasteiger partial charge on any atom is 0.427 e. The van der Waals surface area contributed by atoms with Gasteiger partial charge in [0, 0.05) is 17.5 Å². The Labute approximate surface area is 186 Å². The molecule has 0 fully saturated rings. The summed E-state index contributed by atoms with van der Waals surface area (Å²) in [5, 5.41) is 8.42. The number of aryl methyl sites for hydroxylation is 1. The highest BCUT2D eigenvalue weighted by molar-refractivity contribution is 7.06. The molecule has 0 saturated carbocycles. The average molecular weight is 496 g/mol. The van der Waals surface area contributed by atoms with Gasteiger partial charge in [0.15, 0.2) is 11.6 Å². The number of rotatable bonds is 7. The number of alkyl halides is 3. The molecule has 0 atom stereocenters. The van der Waals surface area contributed by atoms with E-state index < -0.39 is 58.8 Å². The second-order valence-electron chi connectivity index (χ2n) is 6.50. The molecule has 0 bridgehead atoms. The van der Waals surface area contributed by atoms with Gasteiger partial charge in [0.2, 0.25) is 5.82 Å². The zero-order valence-electron chi connectivity index (χ0n) is 15.8. The van der Waals surface area contributed by atoms with E-state index in [1.54, 1.807) is 0 Å². The maximum absolute atomic E-state index is 14.3. The molecule has 0 aliphatic heterocycles. The lowest BCUT2D eigenvalue weighted by Crippen LogP contribution is -2.09. The first kappa shape index (κ1) is 23.9. The molecule has 0 amide bonds. The number of aliphatic carboxylic acids is 1. The average Bonchev–Trinajstić information content (AvgIpc) is 3.14. The van der Waals surface area contributed by atoms with Crippen molar-refractivity contribution in [1.29, 1.82) is 0 Å². The Morgan fingerprint density at radius 1 is 1.12 bits per heavy atom. The van der Waals surface area contributed by atoms with Gasteiger partial charge < -0.3 is 9.84 Å². The highest BCUT2D eigenvalue weighted by Crippen LogP contribution is 2.40.